The molecule has 0 saturated heterocycles. The maximum Gasteiger partial charge on any atom is 0.339 e. The van der Waals surface area contributed by atoms with E-state index in [0.717, 1.165) is 0 Å². The molecule has 19 N–H and O–H groups in total. The topological polar surface area (TPSA) is 345 Å². The summed E-state index contributed by atoms with van der Waals surface area (Å²) < 4.78 is 0. The Hall–Kier alpha value is -4.07. The summed E-state index contributed by atoms with van der Waals surface area (Å²) in [6, 6.07) is -3.55. The first-order valence-electron chi connectivity index (χ1n) is 10.2. The van der Waals surface area contributed by atoms with Gasteiger partial charge in [-0.15, -0.1) is 0 Å². The molecule has 0 fully saturated rings. The predicted molar refractivity (Wildman–Crippen MR) is 119 cm³/mol. The minimum absolute atomic E-state index is 0.101. The van der Waals surface area contributed by atoms with Crippen LogP contribution in [0.5, 0.6) is 0 Å². The summed E-state index contributed by atoms with van der Waals surface area (Å²) in [7, 11) is 0. The van der Waals surface area contributed by atoms with Crippen molar-refractivity contribution in [2.24, 2.45) is 34.8 Å². The molecule has 0 aliphatic rings. The summed E-state index contributed by atoms with van der Waals surface area (Å²) in [6.07, 6.45) is -1.11. The molecule has 0 aliphatic heterocycles. The molecule has 198 valence electrons. The van der Waals surface area contributed by atoms with Crippen LogP contribution in [0.4, 0.5) is 0 Å². The van der Waals surface area contributed by atoms with Crippen LogP contribution >= 0.6 is 0 Å². The zero-order valence-electron chi connectivity index (χ0n) is 18.9. The second-order valence-electron chi connectivity index (χ2n) is 7.10. The van der Waals surface area contributed by atoms with Crippen LogP contribution in [0.3, 0.4) is 0 Å². The summed E-state index contributed by atoms with van der Waals surface area (Å²) in [6.45, 7) is 0. The number of guanidine groups is 1. The summed E-state index contributed by atoms with van der Waals surface area (Å²) in [5.74, 6) is 15.7. The van der Waals surface area contributed by atoms with Gasteiger partial charge in [-0.25, -0.2) is 23.4 Å². The van der Waals surface area contributed by atoms with Crippen molar-refractivity contribution in [3.63, 3.8) is 0 Å². The molecule has 35 heavy (non-hydrogen) atoms. The molecule has 0 bridgehead atoms. The van der Waals surface area contributed by atoms with Crippen LogP contribution in [0.2, 0.25) is 0 Å². The zero-order valence-corrected chi connectivity index (χ0v) is 18.9. The van der Waals surface area contributed by atoms with Gasteiger partial charge in [0, 0.05) is 19.3 Å². The molecule has 0 aliphatic carbocycles. The largest absolute Gasteiger partial charge is 0.344 e. The number of amides is 6. The molecule has 0 unspecified atom stereocenters. The van der Waals surface area contributed by atoms with Gasteiger partial charge in [-0.1, -0.05) is 0 Å². The van der Waals surface area contributed by atoms with Crippen LogP contribution < -0.4 is 72.2 Å². The van der Waals surface area contributed by atoms with Crippen LogP contribution in [-0.4, -0.2) is 59.5 Å². The van der Waals surface area contributed by atoms with Gasteiger partial charge in [-0.05, 0) is 19.3 Å². The fourth-order valence-corrected chi connectivity index (χ4v) is 2.72. The lowest BCUT2D eigenvalue weighted by atomic mass is 10.1. The van der Waals surface area contributed by atoms with E-state index in [0.29, 0.717) is 0 Å². The molecule has 0 heterocycles. The van der Waals surface area contributed by atoms with E-state index in [1.807, 2.05) is 21.7 Å². The number of hydrogen-bond donors (Lipinski definition) is 13. The van der Waals surface area contributed by atoms with Gasteiger partial charge in [-0.2, -0.15) is 0 Å². The first kappa shape index (κ1) is 30.9. The van der Waals surface area contributed by atoms with E-state index in [2.05, 4.69) is 15.6 Å². The number of carbonyl (C=O) groups is 6. The van der Waals surface area contributed by atoms with Crippen LogP contribution in [0.1, 0.15) is 38.5 Å². The van der Waals surface area contributed by atoms with Crippen LogP contribution in [0.25, 0.3) is 0 Å². The standard InChI is InChI=1S/C16H33N13O6/c17-16(18)25-7(13(33)24-9(15(35)29-22)3-6-12(32)27-20)1-4-10(30)23-8(14(34)28-21)2-5-11(31)26-19/h7-9H,1-6,19-22H2,(H,23,30)(H,24,33)(H,26,31)(H,27,32)(H,28,34)(H,29,35)(H4,17,18,25)/p+1/t7-,8-,9-/m0/s1. The van der Waals surface area contributed by atoms with Gasteiger partial charge in [0.05, 0.1) is 0 Å². The number of hydrazine groups is 4. The van der Waals surface area contributed by atoms with Crippen molar-refractivity contribution < 1.29 is 33.8 Å². The molecular formula is C16H34N13O6+. The van der Waals surface area contributed by atoms with Crippen molar-refractivity contribution in [2.45, 2.75) is 56.7 Å². The molecule has 19 heteroatoms. The van der Waals surface area contributed by atoms with Gasteiger partial charge < -0.3 is 10.6 Å². The number of hydrogen-bond acceptors (Lipinski definition) is 10. The number of carbonyl (C=O) groups excluding carboxylic acids is 6. The van der Waals surface area contributed by atoms with Gasteiger partial charge in [0.15, 0.2) is 6.04 Å². The molecule has 0 radical (unpaired) electrons. The van der Waals surface area contributed by atoms with Gasteiger partial charge in [-0.3, -0.25) is 66.9 Å². The fourth-order valence-electron chi connectivity index (χ4n) is 2.72. The molecule has 6 amide bonds. The summed E-state index contributed by atoms with van der Waals surface area (Å²) in [4.78, 5) is 74.0. The lowest BCUT2D eigenvalue weighted by molar-refractivity contribution is -0.490. The molecule has 3 atom stereocenters. The third-order valence-electron chi connectivity index (χ3n) is 4.53. The van der Waals surface area contributed by atoms with Gasteiger partial charge in [0.1, 0.15) is 12.1 Å². The molecule has 0 aromatic rings. The highest BCUT2D eigenvalue weighted by molar-refractivity contribution is 5.91. The lowest BCUT2D eigenvalue weighted by Crippen LogP contribution is -2.87. The van der Waals surface area contributed by atoms with Crippen LogP contribution in [-0.2, 0) is 28.8 Å². The second kappa shape index (κ2) is 16.5. The minimum atomic E-state index is -1.21. The highest BCUT2D eigenvalue weighted by atomic mass is 16.2. The van der Waals surface area contributed by atoms with E-state index in [9.17, 15) is 28.8 Å². The van der Waals surface area contributed by atoms with Gasteiger partial charge in [0.25, 0.3) is 17.7 Å². The SMILES string of the molecule is NNC(=O)CC[C@H](NC(=O)CC[C@H]([NH+]=C(N)N)C(=O)N[C@@H](CCC(=O)NN)C(=O)NN)C(=O)NN. The smallest absolute Gasteiger partial charge is 0.339 e. The quantitative estimate of drug-likeness (QED) is 0.0325. The Labute approximate surface area is 199 Å². The normalized spacial score (nSPS) is 12.7. The van der Waals surface area contributed by atoms with Crippen molar-refractivity contribution in [3.05, 3.63) is 0 Å². The molecule has 0 saturated carbocycles. The average molecular weight is 505 g/mol. The Morgan fingerprint density at radius 2 is 1.00 bits per heavy atom. The Morgan fingerprint density at radius 1 is 0.571 bits per heavy atom. The van der Waals surface area contributed by atoms with E-state index in [1.165, 1.54) is 0 Å². The van der Waals surface area contributed by atoms with Crippen molar-refractivity contribution in [2.75, 3.05) is 0 Å². The molecule has 19 nitrogen and oxygen atoms in total. The fraction of sp³-hybridized carbons (Fsp3) is 0.562. The average Bonchev–Trinajstić information content (AvgIpc) is 2.84. The number of nitrogens with one attached hydrogen (secondary N) is 7. The lowest BCUT2D eigenvalue weighted by Gasteiger charge is -2.20. The zero-order chi connectivity index (χ0) is 27.0. The van der Waals surface area contributed by atoms with Crippen LogP contribution in [0, 0.1) is 0 Å². The van der Waals surface area contributed by atoms with E-state index in [1.54, 1.807) is 0 Å². The van der Waals surface area contributed by atoms with Crippen molar-refractivity contribution in [3.8, 4) is 0 Å². The van der Waals surface area contributed by atoms with Crippen molar-refractivity contribution in [1.82, 2.24) is 32.3 Å². The maximum atomic E-state index is 12.7. The third kappa shape index (κ3) is 12.7. The second-order valence-corrected chi connectivity index (χ2v) is 7.10. The highest BCUT2D eigenvalue weighted by Crippen LogP contribution is 2.03. The number of nitrogens with two attached hydrogens (primary N) is 6. The summed E-state index contributed by atoms with van der Waals surface area (Å²) in [5.41, 5.74) is 18.3. The van der Waals surface area contributed by atoms with Crippen molar-refractivity contribution >= 4 is 41.4 Å². The maximum absolute atomic E-state index is 12.7. The van der Waals surface area contributed by atoms with E-state index in [-0.39, 0.29) is 44.5 Å². The Kier molecular flexibility index (Phi) is 14.6. The van der Waals surface area contributed by atoms with Gasteiger partial charge >= 0.3 is 5.96 Å². The Bertz CT molecular complexity index is 801. The first-order valence-corrected chi connectivity index (χ1v) is 10.2. The Morgan fingerprint density at radius 3 is 1.40 bits per heavy atom. The summed E-state index contributed by atoms with van der Waals surface area (Å²) in [5, 5.41) is 4.76. The van der Waals surface area contributed by atoms with Gasteiger partial charge in [0.2, 0.25) is 17.7 Å². The number of rotatable bonds is 15. The molecule has 0 spiro atoms. The van der Waals surface area contributed by atoms with Crippen molar-refractivity contribution in [1.29, 1.82) is 0 Å². The van der Waals surface area contributed by atoms with E-state index < -0.39 is 53.6 Å². The molecule has 0 aromatic carbocycles. The monoisotopic (exact) mass is 504 g/mol. The third-order valence-corrected chi connectivity index (χ3v) is 4.53. The Balaban J connectivity index is 5.25. The molecular weight excluding hydrogens is 470 g/mol. The first-order chi connectivity index (χ1) is 16.5. The van der Waals surface area contributed by atoms with E-state index in [4.69, 9.17) is 34.8 Å². The van der Waals surface area contributed by atoms with Crippen LogP contribution in [0.15, 0.2) is 0 Å². The predicted octanol–water partition coefficient (Wildman–Crippen LogP) is -9.02. The highest BCUT2D eigenvalue weighted by Gasteiger charge is 2.28. The minimum Gasteiger partial charge on any atom is -0.344 e. The molecule has 0 aromatic heterocycles. The summed E-state index contributed by atoms with van der Waals surface area (Å²) >= 11 is 0. The molecule has 0 rings (SSSR count). The van der Waals surface area contributed by atoms with E-state index >= 15 is 0 Å².